The van der Waals surface area contributed by atoms with Crippen molar-refractivity contribution in [3.8, 4) is 0 Å². The van der Waals surface area contributed by atoms with E-state index in [9.17, 15) is 0 Å². The molecule has 0 aromatic heterocycles. The molecule has 0 aliphatic carbocycles. The molecule has 1 aliphatic rings. The van der Waals surface area contributed by atoms with Gasteiger partial charge in [-0.1, -0.05) is 36.4 Å². The van der Waals surface area contributed by atoms with Crippen LogP contribution in [0.1, 0.15) is 12.0 Å². The van der Waals surface area contributed by atoms with Crippen LogP contribution in [0.3, 0.4) is 0 Å². The zero-order valence-electron chi connectivity index (χ0n) is 8.26. The lowest BCUT2D eigenvalue weighted by Crippen LogP contribution is -2.30. The minimum atomic E-state index is 0.252. The second-order valence-electron chi connectivity index (χ2n) is 3.75. The van der Waals surface area contributed by atoms with Gasteiger partial charge in [0.25, 0.3) is 0 Å². The van der Waals surface area contributed by atoms with Crippen LogP contribution in [-0.4, -0.2) is 17.5 Å². The van der Waals surface area contributed by atoms with E-state index in [0.717, 1.165) is 19.5 Å². The summed E-state index contributed by atoms with van der Waals surface area (Å²) in [6.45, 7) is 2.05. The van der Waals surface area contributed by atoms with Gasteiger partial charge in [0.2, 0.25) is 0 Å². The summed E-state index contributed by atoms with van der Waals surface area (Å²) >= 11 is 0. The van der Waals surface area contributed by atoms with Gasteiger partial charge in [0.15, 0.2) is 0 Å². The summed E-state index contributed by atoms with van der Waals surface area (Å²) in [4.78, 5) is 2.30. The van der Waals surface area contributed by atoms with Crippen molar-refractivity contribution in [1.29, 1.82) is 0 Å². The lowest BCUT2D eigenvalue weighted by molar-refractivity contribution is 0.337. The molecule has 0 unspecified atom stereocenters. The minimum absolute atomic E-state index is 0.252. The Morgan fingerprint density at radius 2 is 2.07 bits per heavy atom. The number of benzene rings is 1. The van der Waals surface area contributed by atoms with Gasteiger partial charge in [-0.15, -0.1) is 0 Å². The van der Waals surface area contributed by atoms with Crippen LogP contribution in [0, 0.1) is 0 Å². The van der Waals surface area contributed by atoms with Gasteiger partial charge >= 0.3 is 0 Å². The molecular weight excluding hydrogens is 172 g/mol. The summed E-state index contributed by atoms with van der Waals surface area (Å²) < 4.78 is 0. The molecule has 2 nitrogen and oxygen atoms in total. The Balaban J connectivity index is 1.96. The van der Waals surface area contributed by atoms with E-state index in [4.69, 9.17) is 5.73 Å². The molecule has 1 heterocycles. The molecule has 14 heavy (non-hydrogen) atoms. The highest BCUT2D eigenvalue weighted by atomic mass is 15.1. The van der Waals surface area contributed by atoms with E-state index >= 15 is 0 Å². The Kier molecular flexibility index (Phi) is 2.84. The van der Waals surface area contributed by atoms with Crippen molar-refractivity contribution >= 4 is 0 Å². The monoisotopic (exact) mass is 188 g/mol. The number of hydrogen-bond donors (Lipinski definition) is 1. The minimum Gasteiger partial charge on any atom is -0.373 e. The molecule has 0 radical (unpaired) electrons. The van der Waals surface area contributed by atoms with Crippen LogP contribution in [-0.2, 0) is 6.54 Å². The van der Waals surface area contributed by atoms with Gasteiger partial charge in [0.1, 0.15) is 0 Å². The van der Waals surface area contributed by atoms with Crippen molar-refractivity contribution in [2.45, 2.75) is 19.0 Å². The third kappa shape index (κ3) is 2.36. The molecular formula is C12H16N2. The standard InChI is InChI=1S/C12H16N2/c13-12-6-8-14(9-7-12)10-11-4-2-1-3-5-11/h1-6,8,12H,7,9-10,13H2/t12-/m0/s1. The average molecular weight is 188 g/mol. The van der Waals surface area contributed by atoms with Gasteiger partial charge in [-0.05, 0) is 18.2 Å². The van der Waals surface area contributed by atoms with Crippen molar-refractivity contribution in [2.24, 2.45) is 5.73 Å². The topological polar surface area (TPSA) is 29.3 Å². The molecule has 1 aliphatic heterocycles. The Morgan fingerprint density at radius 1 is 1.29 bits per heavy atom. The van der Waals surface area contributed by atoms with Crippen molar-refractivity contribution in [3.63, 3.8) is 0 Å². The molecule has 74 valence electrons. The van der Waals surface area contributed by atoms with E-state index in [-0.39, 0.29) is 6.04 Å². The molecule has 1 atom stereocenters. The second kappa shape index (κ2) is 4.29. The normalized spacial score (nSPS) is 21.2. The highest BCUT2D eigenvalue weighted by Gasteiger charge is 2.08. The molecule has 2 N–H and O–H groups in total. The molecule has 0 bridgehead atoms. The first-order valence-electron chi connectivity index (χ1n) is 5.06. The quantitative estimate of drug-likeness (QED) is 0.766. The molecule has 2 rings (SSSR count). The molecule has 1 aromatic carbocycles. The van der Waals surface area contributed by atoms with E-state index in [1.165, 1.54) is 5.56 Å². The summed E-state index contributed by atoms with van der Waals surface area (Å²) in [5.74, 6) is 0. The molecule has 0 spiro atoms. The molecule has 0 amide bonds. The maximum atomic E-state index is 5.78. The third-order valence-electron chi connectivity index (χ3n) is 2.52. The maximum absolute atomic E-state index is 5.78. The van der Waals surface area contributed by atoms with Crippen LogP contribution in [0.4, 0.5) is 0 Å². The van der Waals surface area contributed by atoms with Gasteiger partial charge < -0.3 is 10.6 Å². The smallest absolute Gasteiger partial charge is 0.0423 e. The first-order valence-corrected chi connectivity index (χ1v) is 5.06. The van der Waals surface area contributed by atoms with E-state index in [2.05, 4.69) is 41.4 Å². The van der Waals surface area contributed by atoms with Crippen LogP contribution >= 0.6 is 0 Å². The largest absolute Gasteiger partial charge is 0.373 e. The van der Waals surface area contributed by atoms with Gasteiger partial charge in [-0.2, -0.15) is 0 Å². The van der Waals surface area contributed by atoms with Gasteiger partial charge in [-0.3, -0.25) is 0 Å². The fourth-order valence-electron chi connectivity index (χ4n) is 1.67. The van der Waals surface area contributed by atoms with Crippen molar-refractivity contribution in [2.75, 3.05) is 6.54 Å². The van der Waals surface area contributed by atoms with Crippen LogP contribution in [0.15, 0.2) is 42.6 Å². The average Bonchev–Trinajstić information content (AvgIpc) is 2.23. The van der Waals surface area contributed by atoms with E-state index < -0.39 is 0 Å². The van der Waals surface area contributed by atoms with Gasteiger partial charge in [-0.25, -0.2) is 0 Å². The summed E-state index contributed by atoms with van der Waals surface area (Å²) in [7, 11) is 0. The Labute approximate surface area is 85.0 Å². The van der Waals surface area contributed by atoms with E-state index in [1.54, 1.807) is 0 Å². The Hall–Kier alpha value is -1.28. The Bertz CT molecular complexity index is 305. The van der Waals surface area contributed by atoms with Crippen molar-refractivity contribution < 1.29 is 0 Å². The predicted molar refractivity (Wildman–Crippen MR) is 58.6 cm³/mol. The summed E-state index contributed by atoms with van der Waals surface area (Å²) in [6, 6.07) is 10.8. The summed E-state index contributed by atoms with van der Waals surface area (Å²) in [5, 5.41) is 0. The molecule has 0 fully saturated rings. The van der Waals surface area contributed by atoms with Crippen LogP contribution in [0.2, 0.25) is 0 Å². The number of hydrogen-bond acceptors (Lipinski definition) is 2. The molecule has 0 saturated heterocycles. The Morgan fingerprint density at radius 3 is 2.71 bits per heavy atom. The van der Waals surface area contributed by atoms with Gasteiger partial charge in [0.05, 0.1) is 0 Å². The first kappa shape index (κ1) is 9.28. The second-order valence-corrected chi connectivity index (χ2v) is 3.75. The lowest BCUT2D eigenvalue weighted by Gasteiger charge is -2.26. The van der Waals surface area contributed by atoms with Crippen molar-refractivity contribution in [3.05, 3.63) is 48.2 Å². The zero-order chi connectivity index (χ0) is 9.80. The maximum Gasteiger partial charge on any atom is 0.0423 e. The third-order valence-corrected chi connectivity index (χ3v) is 2.52. The van der Waals surface area contributed by atoms with E-state index in [1.807, 2.05) is 6.07 Å². The van der Waals surface area contributed by atoms with Crippen molar-refractivity contribution in [1.82, 2.24) is 4.90 Å². The summed E-state index contributed by atoms with van der Waals surface area (Å²) in [6.07, 6.45) is 5.25. The number of nitrogens with two attached hydrogens (primary N) is 1. The first-order chi connectivity index (χ1) is 6.84. The van der Waals surface area contributed by atoms with Gasteiger partial charge in [0, 0.05) is 19.1 Å². The number of rotatable bonds is 2. The number of nitrogens with zero attached hydrogens (tertiary/aromatic N) is 1. The molecule has 2 heteroatoms. The zero-order valence-corrected chi connectivity index (χ0v) is 8.26. The van der Waals surface area contributed by atoms with Crippen LogP contribution in [0.5, 0.6) is 0 Å². The lowest BCUT2D eigenvalue weighted by atomic mass is 10.1. The highest BCUT2D eigenvalue weighted by molar-refractivity contribution is 5.15. The highest BCUT2D eigenvalue weighted by Crippen LogP contribution is 2.10. The fourth-order valence-corrected chi connectivity index (χ4v) is 1.67. The SMILES string of the molecule is N[C@H]1C=CN(Cc2ccccc2)CC1. The fraction of sp³-hybridized carbons (Fsp3) is 0.333. The van der Waals surface area contributed by atoms with Crippen LogP contribution < -0.4 is 5.73 Å². The predicted octanol–water partition coefficient (Wildman–Crippen LogP) is 1.73. The molecule has 0 saturated carbocycles. The van der Waals surface area contributed by atoms with Crippen LogP contribution in [0.25, 0.3) is 0 Å². The van der Waals surface area contributed by atoms with E-state index in [0.29, 0.717) is 0 Å². The summed E-state index contributed by atoms with van der Waals surface area (Å²) in [5.41, 5.74) is 7.13. The molecule has 1 aromatic rings.